The minimum atomic E-state index is -0.365. The second-order valence-corrected chi connectivity index (χ2v) is 2.66. The first-order valence-electron chi connectivity index (χ1n) is 3.84. The predicted octanol–water partition coefficient (Wildman–Crippen LogP) is 0.749. The summed E-state index contributed by atoms with van der Waals surface area (Å²) >= 11 is 0. The molecule has 0 aromatic carbocycles. The number of carbonyl (C=O) groups excluding carboxylic acids is 2. The van der Waals surface area contributed by atoms with E-state index in [1.807, 2.05) is 0 Å². The fourth-order valence-electron chi connectivity index (χ4n) is 0.494. The Morgan fingerprint density at radius 1 is 1.17 bits per heavy atom. The monoisotopic (exact) mass is 174 g/mol. The Morgan fingerprint density at radius 3 is 2.08 bits per heavy atom. The molecule has 70 valence electrons. The molecule has 0 unspecified atom stereocenters. The molecule has 0 aliphatic rings. The van der Waals surface area contributed by atoms with E-state index >= 15 is 0 Å². The summed E-state index contributed by atoms with van der Waals surface area (Å²) in [5.74, 6) is -0.778. The minimum Gasteiger partial charge on any atom is -0.462 e. The fraction of sp³-hybridized carbons (Fsp3) is 0.750. The summed E-state index contributed by atoms with van der Waals surface area (Å²) in [7, 11) is 0. The van der Waals surface area contributed by atoms with Gasteiger partial charge in [0.1, 0.15) is 13.2 Å². The second-order valence-electron chi connectivity index (χ2n) is 2.66. The quantitative estimate of drug-likeness (QED) is 0.466. The van der Waals surface area contributed by atoms with E-state index in [1.54, 1.807) is 13.8 Å². The third-order valence-electron chi connectivity index (χ3n) is 1.10. The molecule has 0 fully saturated rings. The smallest absolute Gasteiger partial charge is 0.308 e. The van der Waals surface area contributed by atoms with Crippen LogP contribution >= 0.6 is 0 Å². The van der Waals surface area contributed by atoms with Crippen molar-refractivity contribution in [1.82, 2.24) is 0 Å². The highest BCUT2D eigenvalue weighted by atomic mass is 16.6. The van der Waals surface area contributed by atoms with Gasteiger partial charge in [0.15, 0.2) is 0 Å². The van der Waals surface area contributed by atoms with Crippen LogP contribution in [0, 0.1) is 5.92 Å². The van der Waals surface area contributed by atoms with E-state index in [-0.39, 0.29) is 31.1 Å². The van der Waals surface area contributed by atoms with Crippen LogP contribution in [0.2, 0.25) is 0 Å². The number of hydrogen-bond acceptors (Lipinski definition) is 4. The zero-order valence-electron chi connectivity index (χ0n) is 7.62. The topological polar surface area (TPSA) is 52.6 Å². The molecule has 0 rings (SSSR count). The maximum absolute atomic E-state index is 10.8. The second kappa shape index (κ2) is 5.57. The van der Waals surface area contributed by atoms with Crippen molar-refractivity contribution in [3.8, 4) is 0 Å². The molecule has 0 radical (unpaired) electrons. The largest absolute Gasteiger partial charge is 0.462 e. The molecule has 0 amide bonds. The van der Waals surface area contributed by atoms with Crippen molar-refractivity contribution in [3.05, 3.63) is 0 Å². The van der Waals surface area contributed by atoms with Crippen LogP contribution in [0.4, 0.5) is 0 Å². The van der Waals surface area contributed by atoms with Gasteiger partial charge in [0.05, 0.1) is 5.92 Å². The fourth-order valence-corrected chi connectivity index (χ4v) is 0.494. The van der Waals surface area contributed by atoms with Gasteiger partial charge >= 0.3 is 11.9 Å². The van der Waals surface area contributed by atoms with Crippen molar-refractivity contribution in [2.75, 3.05) is 13.2 Å². The van der Waals surface area contributed by atoms with Gasteiger partial charge < -0.3 is 9.47 Å². The van der Waals surface area contributed by atoms with Crippen LogP contribution in [0.3, 0.4) is 0 Å². The van der Waals surface area contributed by atoms with Gasteiger partial charge in [-0.15, -0.1) is 0 Å². The molecule has 0 aromatic heterocycles. The molecular weight excluding hydrogens is 160 g/mol. The lowest BCUT2D eigenvalue weighted by atomic mass is 10.2. The maximum atomic E-state index is 10.8. The van der Waals surface area contributed by atoms with E-state index in [0.29, 0.717) is 0 Å². The number of hydrogen-bond donors (Lipinski definition) is 0. The van der Waals surface area contributed by atoms with E-state index in [1.165, 1.54) is 6.92 Å². The first kappa shape index (κ1) is 10.9. The number of esters is 2. The van der Waals surface area contributed by atoms with Gasteiger partial charge in [-0.2, -0.15) is 0 Å². The number of carbonyl (C=O) groups is 2. The SMILES string of the molecule is CC(=O)OCCOC(=O)C(C)C. The van der Waals surface area contributed by atoms with Crippen LogP contribution in [0.1, 0.15) is 20.8 Å². The van der Waals surface area contributed by atoms with Gasteiger partial charge in [-0.25, -0.2) is 0 Å². The van der Waals surface area contributed by atoms with Gasteiger partial charge in [0, 0.05) is 6.92 Å². The average Bonchev–Trinajstić information content (AvgIpc) is 1.97. The minimum absolute atomic E-state index is 0.133. The summed E-state index contributed by atoms with van der Waals surface area (Å²) in [6, 6.07) is 0. The predicted molar refractivity (Wildman–Crippen MR) is 42.4 cm³/mol. The number of ether oxygens (including phenoxy) is 2. The molecule has 0 aliphatic heterocycles. The summed E-state index contributed by atoms with van der Waals surface area (Å²) < 4.78 is 9.29. The lowest BCUT2D eigenvalue weighted by molar-refractivity contribution is -0.153. The Bertz CT molecular complexity index is 162. The van der Waals surface area contributed by atoms with Crippen molar-refractivity contribution in [3.63, 3.8) is 0 Å². The molecule has 12 heavy (non-hydrogen) atoms. The molecule has 4 heteroatoms. The Balaban J connectivity index is 3.32. The van der Waals surface area contributed by atoms with Crippen LogP contribution in [-0.2, 0) is 19.1 Å². The van der Waals surface area contributed by atoms with Crippen LogP contribution in [0.25, 0.3) is 0 Å². The third-order valence-corrected chi connectivity index (χ3v) is 1.10. The van der Waals surface area contributed by atoms with Crippen molar-refractivity contribution in [2.24, 2.45) is 5.92 Å². The summed E-state index contributed by atoms with van der Waals surface area (Å²) in [4.78, 5) is 21.1. The molecule has 0 bridgehead atoms. The highest BCUT2D eigenvalue weighted by molar-refractivity contribution is 5.71. The van der Waals surface area contributed by atoms with Crippen LogP contribution in [0.15, 0.2) is 0 Å². The highest BCUT2D eigenvalue weighted by Crippen LogP contribution is 1.95. The molecule has 4 nitrogen and oxygen atoms in total. The van der Waals surface area contributed by atoms with E-state index in [9.17, 15) is 9.59 Å². The highest BCUT2D eigenvalue weighted by Gasteiger charge is 2.07. The summed E-state index contributed by atoms with van der Waals surface area (Å²) in [6.45, 7) is 5.07. The third kappa shape index (κ3) is 5.70. The van der Waals surface area contributed by atoms with Gasteiger partial charge in [0.2, 0.25) is 0 Å². The van der Waals surface area contributed by atoms with Gasteiger partial charge in [-0.1, -0.05) is 13.8 Å². The number of rotatable bonds is 4. The first-order chi connectivity index (χ1) is 5.54. The van der Waals surface area contributed by atoms with Crippen molar-refractivity contribution in [2.45, 2.75) is 20.8 Å². The summed E-state index contributed by atoms with van der Waals surface area (Å²) in [5.41, 5.74) is 0. The van der Waals surface area contributed by atoms with Crippen LogP contribution in [0.5, 0.6) is 0 Å². The van der Waals surface area contributed by atoms with Crippen LogP contribution in [-0.4, -0.2) is 25.2 Å². The Labute approximate surface area is 71.8 Å². The Morgan fingerprint density at radius 2 is 1.67 bits per heavy atom. The lowest BCUT2D eigenvalue weighted by Crippen LogP contribution is -2.16. The Kier molecular flexibility index (Phi) is 5.08. The molecule has 0 spiro atoms. The van der Waals surface area contributed by atoms with Gasteiger partial charge in [-0.3, -0.25) is 9.59 Å². The molecule has 0 atom stereocenters. The van der Waals surface area contributed by atoms with E-state index in [2.05, 4.69) is 4.74 Å². The summed E-state index contributed by atoms with van der Waals surface area (Å²) in [6.07, 6.45) is 0. The van der Waals surface area contributed by atoms with E-state index < -0.39 is 0 Å². The van der Waals surface area contributed by atoms with Crippen molar-refractivity contribution < 1.29 is 19.1 Å². The zero-order valence-corrected chi connectivity index (χ0v) is 7.62. The molecule has 0 heterocycles. The molecule has 0 aliphatic carbocycles. The lowest BCUT2D eigenvalue weighted by Gasteiger charge is -2.06. The molecular formula is C8H14O4. The van der Waals surface area contributed by atoms with E-state index in [0.717, 1.165) is 0 Å². The van der Waals surface area contributed by atoms with Crippen molar-refractivity contribution in [1.29, 1.82) is 0 Å². The molecule has 0 saturated carbocycles. The molecule has 0 aromatic rings. The van der Waals surface area contributed by atoms with E-state index in [4.69, 9.17) is 4.74 Å². The first-order valence-corrected chi connectivity index (χ1v) is 3.84. The maximum Gasteiger partial charge on any atom is 0.308 e. The van der Waals surface area contributed by atoms with Gasteiger partial charge in [-0.05, 0) is 0 Å². The summed E-state index contributed by atoms with van der Waals surface area (Å²) in [5, 5.41) is 0. The van der Waals surface area contributed by atoms with Crippen molar-refractivity contribution >= 4 is 11.9 Å². The zero-order chi connectivity index (χ0) is 9.56. The normalized spacial score (nSPS) is 9.67. The van der Waals surface area contributed by atoms with Crippen LogP contribution < -0.4 is 0 Å². The molecule has 0 N–H and O–H groups in total. The Hall–Kier alpha value is -1.06. The average molecular weight is 174 g/mol. The van der Waals surface area contributed by atoms with Gasteiger partial charge in [0.25, 0.3) is 0 Å². The standard InChI is InChI=1S/C8H14O4/c1-6(2)8(10)12-5-4-11-7(3)9/h6H,4-5H2,1-3H3. The molecule has 0 saturated heterocycles.